The molecule has 1 unspecified atom stereocenters. The van der Waals surface area contributed by atoms with Crippen LogP contribution in [0.15, 0.2) is 39.1 Å². The van der Waals surface area contributed by atoms with E-state index >= 15 is 0 Å². The molecule has 0 fully saturated rings. The van der Waals surface area contributed by atoms with Crippen LogP contribution in [0.4, 0.5) is 0 Å². The quantitative estimate of drug-likeness (QED) is 0.816. The average molecular weight is 305 g/mol. The number of hydrogen-bond donors (Lipinski definition) is 0. The molecule has 0 amide bonds. The van der Waals surface area contributed by atoms with Crippen molar-refractivity contribution in [3.05, 3.63) is 45.9 Å². The van der Waals surface area contributed by atoms with Gasteiger partial charge in [0, 0.05) is 16.4 Å². The molecular weight excluding hydrogens is 290 g/mol. The summed E-state index contributed by atoms with van der Waals surface area (Å²) in [5, 5.41) is 8.75. The van der Waals surface area contributed by atoms with Crippen molar-refractivity contribution in [3.63, 3.8) is 0 Å². The van der Waals surface area contributed by atoms with Gasteiger partial charge in [-0.05, 0) is 26.0 Å². The summed E-state index contributed by atoms with van der Waals surface area (Å²) >= 11 is 3.40. The van der Waals surface area contributed by atoms with Crippen molar-refractivity contribution in [1.29, 1.82) is 0 Å². The van der Waals surface area contributed by atoms with Crippen molar-refractivity contribution < 1.29 is 0 Å². The van der Waals surface area contributed by atoms with Crippen molar-refractivity contribution in [2.24, 2.45) is 0 Å². The first-order valence-electron chi connectivity index (χ1n) is 6.43. The lowest BCUT2D eigenvalue weighted by Gasteiger charge is -2.12. The summed E-state index contributed by atoms with van der Waals surface area (Å²) in [7, 11) is 0. The van der Waals surface area contributed by atoms with Crippen LogP contribution in [0.25, 0.3) is 0 Å². The Labute approximate surface area is 126 Å². The maximum atomic E-state index is 12.2. The third kappa shape index (κ3) is 2.62. The van der Waals surface area contributed by atoms with Gasteiger partial charge in [0.25, 0.3) is 5.56 Å². The Morgan fingerprint density at radius 3 is 2.80 bits per heavy atom. The second kappa shape index (κ2) is 5.61. The van der Waals surface area contributed by atoms with Gasteiger partial charge in [-0.2, -0.15) is 0 Å². The molecule has 6 heteroatoms. The highest BCUT2D eigenvalue weighted by molar-refractivity contribution is 8.00. The fourth-order valence-electron chi connectivity index (χ4n) is 2.09. The van der Waals surface area contributed by atoms with E-state index in [0.29, 0.717) is 5.69 Å². The topological polar surface area (TPSA) is 47.8 Å². The maximum absolute atomic E-state index is 12.2. The summed E-state index contributed by atoms with van der Waals surface area (Å²) in [6.07, 6.45) is 0. The van der Waals surface area contributed by atoms with Gasteiger partial charge in [0.2, 0.25) is 0 Å². The van der Waals surface area contributed by atoms with Gasteiger partial charge in [0.1, 0.15) is 5.69 Å². The largest absolute Gasteiger partial charge is 0.280 e. The second-order valence-electron chi connectivity index (χ2n) is 4.83. The van der Waals surface area contributed by atoms with Crippen LogP contribution in [0.3, 0.4) is 0 Å². The Kier molecular flexibility index (Phi) is 3.85. The molecule has 1 aliphatic heterocycles. The van der Waals surface area contributed by atoms with Crippen LogP contribution in [-0.4, -0.2) is 26.3 Å². The number of nitrogens with zero attached hydrogens (tertiary/aromatic N) is 3. The van der Waals surface area contributed by atoms with E-state index in [1.54, 1.807) is 35.0 Å². The van der Waals surface area contributed by atoms with Crippen LogP contribution in [0.5, 0.6) is 0 Å². The molecule has 2 heterocycles. The zero-order valence-electron chi connectivity index (χ0n) is 11.4. The van der Waals surface area contributed by atoms with Crippen molar-refractivity contribution in [1.82, 2.24) is 14.8 Å². The monoisotopic (exact) mass is 305 g/mol. The molecule has 1 aliphatic rings. The number of fused-ring (bicyclic) bond motifs is 1. The van der Waals surface area contributed by atoms with Crippen LogP contribution in [0, 0.1) is 13.8 Å². The predicted molar refractivity (Wildman–Crippen MR) is 82.7 cm³/mol. The van der Waals surface area contributed by atoms with E-state index in [2.05, 4.69) is 41.4 Å². The lowest BCUT2D eigenvalue weighted by atomic mass is 10.2. The second-order valence-corrected chi connectivity index (χ2v) is 6.91. The zero-order valence-corrected chi connectivity index (χ0v) is 13.0. The number of hydrogen-bond acceptors (Lipinski definition) is 5. The molecule has 3 rings (SSSR count). The van der Waals surface area contributed by atoms with Gasteiger partial charge in [0.05, 0.1) is 6.04 Å². The third-order valence-corrected chi connectivity index (χ3v) is 5.50. The van der Waals surface area contributed by atoms with Crippen LogP contribution >= 0.6 is 23.5 Å². The molecule has 104 valence electrons. The van der Waals surface area contributed by atoms with E-state index in [1.165, 1.54) is 10.5 Å². The fourth-order valence-corrected chi connectivity index (χ4v) is 4.29. The number of benzene rings is 1. The average Bonchev–Trinajstić information content (AvgIpc) is 2.86. The molecule has 1 atom stereocenters. The van der Waals surface area contributed by atoms with E-state index < -0.39 is 0 Å². The molecule has 0 saturated heterocycles. The van der Waals surface area contributed by atoms with Crippen molar-refractivity contribution in [2.75, 3.05) is 11.5 Å². The van der Waals surface area contributed by atoms with Crippen molar-refractivity contribution in [2.45, 2.75) is 29.9 Å². The molecule has 0 N–H and O–H groups in total. The van der Waals surface area contributed by atoms with Crippen molar-refractivity contribution in [3.8, 4) is 0 Å². The van der Waals surface area contributed by atoms with Crippen molar-refractivity contribution >= 4 is 23.5 Å². The normalized spacial score (nSPS) is 17.2. The molecule has 1 aromatic heterocycles. The molecule has 0 bridgehead atoms. The number of thioether (sulfide) groups is 2. The van der Waals surface area contributed by atoms with Gasteiger partial charge in [0.15, 0.2) is 5.16 Å². The highest BCUT2D eigenvalue weighted by Gasteiger charge is 2.26. The predicted octanol–water partition coefficient (Wildman–Crippen LogP) is 2.69. The Bertz CT molecular complexity index is 682. The third-order valence-electron chi connectivity index (χ3n) is 3.25. The smallest absolute Gasteiger partial charge is 0.276 e. The first kappa shape index (κ1) is 13.7. The van der Waals surface area contributed by atoms with E-state index in [9.17, 15) is 4.79 Å². The summed E-state index contributed by atoms with van der Waals surface area (Å²) in [5.41, 5.74) is 1.73. The Balaban J connectivity index is 1.77. The van der Waals surface area contributed by atoms with Crippen LogP contribution < -0.4 is 5.56 Å². The van der Waals surface area contributed by atoms with Gasteiger partial charge in [-0.3, -0.25) is 9.36 Å². The molecule has 2 aromatic rings. The molecular formula is C14H15N3OS2. The summed E-state index contributed by atoms with van der Waals surface area (Å²) in [6.45, 7) is 3.80. The van der Waals surface area contributed by atoms with Crippen LogP contribution in [-0.2, 0) is 0 Å². The number of aryl methyl sites for hydroxylation is 2. The Morgan fingerprint density at radius 1 is 1.30 bits per heavy atom. The Morgan fingerprint density at radius 2 is 2.05 bits per heavy atom. The van der Waals surface area contributed by atoms with E-state index in [0.717, 1.165) is 16.7 Å². The first-order valence-corrected chi connectivity index (χ1v) is 8.40. The zero-order chi connectivity index (χ0) is 14.1. The standard InChI is InChI=1S/C14H15N3OS2/c1-9-3-5-12(6-4-9)19-7-11-8-20-14-16-15-10(2)13(18)17(11)14/h3-6,11H,7-8H2,1-2H3. The molecule has 1 aromatic carbocycles. The molecule has 0 radical (unpaired) electrons. The Hall–Kier alpha value is -1.27. The van der Waals surface area contributed by atoms with Gasteiger partial charge >= 0.3 is 0 Å². The fraction of sp³-hybridized carbons (Fsp3) is 0.357. The lowest BCUT2D eigenvalue weighted by Crippen LogP contribution is -2.28. The van der Waals surface area contributed by atoms with E-state index in [4.69, 9.17) is 0 Å². The highest BCUT2D eigenvalue weighted by atomic mass is 32.2. The molecule has 4 nitrogen and oxygen atoms in total. The molecule has 0 saturated carbocycles. The molecule has 20 heavy (non-hydrogen) atoms. The van der Waals surface area contributed by atoms with Gasteiger partial charge < -0.3 is 0 Å². The van der Waals surface area contributed by atoms with E-state index in [-0.39, 0.29) is 11.6 Å². The van der Waals surface area contributed by atoms with E-state index in [1.807, 2.05) is 0 Å². The molecule has 0 spiro atoms. The summed E-state index contributed by atoms with van der Waals surface area (Å²) in [5.74, 6) is 1.78. The SMILES string of the molecule is Cc1ccc(SCC2CSc3nnc(C)c(=O)n32)cc1. The maximum Gasteiger partial charge on any atom is 0.276 e. The van der Waals surface area contributed by atoms with Crippen LogP contribution in [0.2, 0.25) is 0 Å². The van der Waals surface area contributed by atoms with Crippen LogP contribution in [0.1, 0.15) is 17.3 Å². The minimum absolute atomic E-state index is 0.00509. The van der Waals surface area contributed by atoms with Gasteiger partial charge in [-0.1, -0.05) is 29.5 Å². The summed E-state index contributed by atoms with van der Waals surface area (Å²) in [6, 6.07) is 8.68. The summed E-state index contributed by atoms with van der Waals surface area (Å²) in [4.78, 5) is 13.4. The minimum Gasteiger partial charge on any atom is -0.280 e. The number of aromatic nitrogens is 3. The lowest BCUT2D eigenvalue weighted by molar-refractivity contribution is 0.526. The minimum atomic E-state index is -0.00509. The number of rotatable bonds is 3. The van der Waals surface area contributed by atoms with Gasteiger partial charge in [-0.25, -0.2) is 0 Å². The molecule has 0 aliphatic carbocycles. The highest BCUT2D eigenvalue weighted by Crippen LogP contribution is 2.33. The first-order chi connectivity index (χ1) is 9.65. The summed E-state index contributed by atoms with van der Waals surface area (Å²) < 4.78 is 1.80. The van der Waals surface area contributed by atoms with Gasteiger partial charge in [-0.15, -0.1) is 22.0 Å².